The van der Waals surface area contributed by atoms with E-state index in [1.807, 2.05) is 6.07 Å². The smallest absolute Gasteiger partial charge is 0.173 e. The first-order valence-electron chi connectivity index (χ1n) is 3.82. The van der Waals surface area contributed by atoms with Crippen molar-refractivity contribution in [1.82, 2.24) is 4.98 Å². The topological polar surface area (TPSA) is 53.8 Å². The van der Waals surface area contributed by atoms with Gasteiger partial charge in [-0.25, -0.2) is 4.98 Å². The predicted molar refractivity (Wildman–Crippen MR) is 51.0 cm³/mol. The highest BCUT2D eigenvalue weighted by Gasteiger charge is 2.06. The maximum absolute atomic E-state index is 11.2. The van der Waals surface area contributed by atoms with Gasteiger partial charge in [-0.1, -0.05) is 6.92 Å². The molecule has 0 aromatic carbocycles. The van der Waals surface area contributed by atoms with Crippen LogP contribution < -0.4 is 0 Å². The number of rotatable bonds is 3. The first-order chi connectivity index (χ1) is 6.27. The van der Waals surface area contributed by atoms with Crippen molar-refractivity contribution in [3.05, 3.63) is 22.2 Å². The molecule has 0 spiro atoms. The van der Waals surface area contributed by atoms with Gasteiger partial charge in [0.25, 0.3) is 0 Å². The summed E-state index contributed by atoms with van der Waals surface area (Å²) in [5.74, 6) is -0.141. The second-order valence-electron chi connectivity index (χ2n) is 2.32. The van der Waals surface area contributed by atoms with Gasteiger partial charge in [-0.2, -0.15) is 5.26 Å². The molecule has 0 saturated heterocycles. The third kappa shape index (κ3) is 2.49. The maximum atomic E-state index is 11.2. The van der Waals surface area contributed by atoms with E-state index < -0.39 is 0 Å². The van der Waals surface area contributed by atoms with E-state index in [1.165, 1.54) is 17.4 Å². The molecule has 0 aliphatic heterocycles. The molecule has 1 heterocycles. The van der Waals surface area contributed by atoms with Crippen molar-refractivity contribution in [3.8, 4) is 6.07 Å². The molecule has 13 heavy (non-hydrogen) atoms. The Morgan fingerprint density at radius 3 is 3.08 bits per heavy atom. The lowest BCUT2D eigenvalue weighted by atomic mass is 10.1. The van der Waals surface area contributed by atoms with Crippen LogP contribution in [0.2, 0.25) is 0 Å². The van der Waals surface area contributed by atoms with Crippen LogP contribution in [0.15, 0.2) is 17.2 Å². The number of aromatic nitrogens is 1. The molecular formula is C9H8N2OS. The lowest BCUT2D eigenvalue weighted by Crippen LogP contribution is -1.97. The molecule has 0 radical (unpaired) electrons. The van der Waals surface area contributed by atoms with Crippen LogP contribution in [-0.4, -0.2) is 10.8 Å². The number of thiazole rings is 1. The first-order valence-corrected chi connectivity index (χ1v) is 4.70. The zero-order valence-electron chi connectivity index (χ0n) is 7.15. The van der Waals surface area contributed by atoms with Crippen LogP contribution in [0.1, 0.15) is 18.4 Å². The maximum Gasteiger partial charge on any atom is 0.173 e. The van der Waals surface area contributed by atoms with Gasteiger partial charge in [-0.15, -0.1) is 11.3 Å². The van der Waals surface area contributed by atoms with Gasteiger partial charge in [0.15, 0.2) is 5.78 Å². The fourth-order valence-corrected chi connectivity index (χ4v) is 1.36. The molecular weight excluding hydrogens is 184 g/mol. The van der Waals surface area contributed by atoms with Crippen molar-refractivity contribution in [1.29, 1.82) is 5.26 Å². The number of Topliss-reactive ketones (excluding diaryl/α,β-unsaturated/α-hetero) is 1. The van der Waals surface area contributed by atoms with E-state index in [0.29, 0.717) is 11.4 Å². The van der Waals surface area contributed by atoms with E-state index in [-0.39, 0.29) is 11.4 Å². The Balaban J connectivity index is 2.91. The van der Waals surface area contributed by atoms with Gasteiger partial charge < -0.3 is 0 Å². The Hall–Kier alpha value is -1.47. The van der Waals surface area contributed by atoms with Gasteiger partial charge in [-0.05, 0) is 6.08 Å². The summed E-state index contributed by atoms with van der Waals surface area (Å²) in [6.07, 6.45) is 3.52. The average molecular weight is 192 g/mol. The highest BCUT2D eigenvalue weighted by Crippen LogP contribution is 2.10. The molecule has 0 saturated carbocycles. The lowest BCUT2D eigenvalue weighted by molar-refractivity contribution is -0.114. The van der Waals surface area contributed by atoms with Crippen LogP contribution >= 0.6 is 11.3 Å². The van der Waals surface area contributed by atoms with Gasteiger partial charge in [0.2, 0.25) is 0 Å². The summed E-state index contributed by atoms with van der Waals surface area (Å²) in [5, 5.41) is 11.2. The average Bonchev–Trinajstić information content (AvgIpc) is 2.65. The minimum atomic E-state index is -0.141. The molecule has 1 aromatic heterocycles. The van der Waals surface area contributed by atoms with E-state index in [9.17, 15) is 4.79 Å². The molecule has 0 aliphatic carbocycles. The fraction of sp³-hybridized carbons (Fsp3) is 0.222. The number of nitriles is 1. The Labute approximate surface area is 80.3 Å². The van der Waals surface area contributed by atoms with Gasteiger partial charge in [0.1, 0.15) is 11.1 Å². The third-order valence-corrected chi connectivity index (χ3v) is 2.18. The molecule has 0 atom stereocenters. The van der Waals surface area contributed by atoms with E-state index in [2.05, 4.69) is 4.98 Å². The van der Waals surface area contributed by atoms with E-state index in [1.54, 1.807) is 18.5 Å². The molecule has 0 N–H and O–H groups in total. The van der Waals surface area contributed by atoms with Crippen molar-refractivity contribution in [3.63, 3.8) is 0 Å². The minimum absolute atomic E-state index is 0.141. The molecule has 1 rings (SSSR count). The van der Waals surface area contributed by atoms with Crippen LogP contribution in [0, 0.1) is 11.3 Å². The number of carbonyl (C=O) groups is 1. The number of hydrogen-bond donors (Lipinski definition) is 0. The Morgan fingerprint density at radius 1 is 1.85 bits per heavy atom. The van der Waals surface area contributed by atoms with E-state index in [0.717, 1.165) is 0 Å². The zero-order valence-corrected chi connectivity index (χ0v) is 7.97. The molecule has 0 fully saturated rings. The Kier molecular flexibility index (Phi) is 3.35. The number of allylic oxidation sites excluding steroid dienone is 1. The number of hydrogen-bond acceptors (Lipinski definition) is 4. The summed E-state index contributed by atoms with van der Waals surface area (Å²) in [6, 6.07) is 1.87. The molecule has 1 aromatic rings. The highest BCUT2D eigenvalue weighted by atomic mass is 32.1. The first kappa shape index (κ1) is 9.62. The summed E-state index contributed by atoms with van der Waals surface area (Å²) in [4.78, 5) is 15.1. The number of carbonyl (C=O) groups excluding carboxylic acids is 1. The SMILES string of the molecule is CCC(=O)/C(C#N)=C/c1nccs1. The van der Waals surface area contributed by atoms with Crippen molar-refractivity contribution in [2.75, 3.05) is 0 Å². The fourth-order valence-electron chi connectivity index (χ4n) is 0.795. The van der Waals surface area contributed by atoms with E-state index in [4.69, 9.17) is 5.26 Å². The second-order valence-corrected chi connectivity index (χ2v) is 3.24. The van der Waals surface area contributed by atoms with Gasteiger partial charge >= 0.3 is 0 Å². The quantitative estimate of drug-likeness (QED) is 0.544. The number of nitrogens with zero attached hydrogens (tertiary/aromatic N) is 2. The molecule has 0 bridgehead atoms. The second kappa shape index (κ2) is 4.53. The molecule has 3 nitrogen and oxygen atoms in total. The Bertz CT molecular complexity index is 359. The zero-order chi connectivity index (χ0) is 9.68. The summed E-state index contributed by atoms with van der Waals surface area (Å²) in [7, 11) is 0. The van der Waals surface area contributed by atoms with E-state index >= 15 is 0 Å². The molecule has 66 valence electrons. The van der Waals surface area contributed by atoms with Crippen molar-refractivity contribution in [2.24, 2.45) is 0 Å². The minimum Gasteiger partial charge on any atom is -0.293 e. The highest BCUT2D eigenvalue weighted by molar-refractivity contribution is 7.10. The molecule has 4 heteroatoms. The van der Waals surface area contributed by atoms with Gasteiger partial charge in [0.05, 0.1) is 5.57 Å². The van der Waals surface area contributed by atoms with Crippen LogP contribution in [-0.2, 0) is 4.79 Å². The largest absolute Gasteiger partial charge is 0.293 e. The van der Waals surface area contributed by atoms with Crippen LogP contribution in [0.4, 0.5) is 0 Å². The van der Waals surface area contributed by atoms with Crippen molar-refractivity contribution < 1.29 is 4.79 Å². The Morgan fingerprint density at radius 2 is 2.62 bits per heavy atom. The molecule has 0 amide bonds. The van der Waals surface area contributed by atoms with Crippen LogP contribution in [0.5, 0.6) is 0 Å². The van der Waals surface area contributed by atoms with Gasteiger partial charge in [-0.3, -0.25) is 4.79 Å². The summed E-state index contributed by atoms with van der Waals surface area (Å²) < 4.78 is 0. The van der Waals surface area contributed by atoms with Crippen LogP contribution in [0.3, 0.4) is 0 Å². The summed E-state index contributed by atoms with van der Waals surface area (Å²) in [5.41, 5.74) is 0.178. The van der Waals surface area contributed by atoms with Crippen molar-refractivity contribution >= 4 is 23.2 Å². The summed E-state index contributed by atoms with van der Waals surface area (Å²) in [6.45, 7) is 1.73. The van der Waals surface area contributed by atoms with Gasteiger partial charge in [0, 0.05) is 18.0 Å². The van der Waals surface area contributed by atoms with Crippen molar-refractivity contribution in [2.45, 2.75) is 13.3 Å². The standard InChI is InChI=1S/C9H8N2OS/c1-2-8(12)7(6-10)5-9-11-3-4-13-9/h3-5H,2H2,1H3/b7-5+. The third-order valence-electron chi connectivity index (χ3n) is 1.46. The predicted octanol–water partition coefficient (Wildman–Crippen LogP) is 2.03. The lowest BCUT2D eigenvalue weighted by Gasteiger charge is -1.91. The number of ketones is 1. The molecule has 0 aliphatic rings. The normalized spacial score (nSPS) is 10.9. The van der Waals surface area contributed by atoms with Crippen LogP contribution in [0.25, 0.3) is 6.08 Å². The molecule has 0 unspecified atom stereocenters. The summed E-state index contributed by atoms with van der Waals surface area (Å²) >= 11 is 1.40. The monoisotopic (exact) mass is 192 g/mol.